The molecule has 0 aliphatic carbocycles. The molecule has 4 rings (SSSR count). The van der Waals surface area contributed by atoms with Gasteiger partial charge in [0, 0.05) is 46.0 Å². The Hall–Kier alpha value is -3.29. The number of rotatable bonds is 3. The third kappa shape index (κ3) is 2.90. The molecule has 1 fully saturated rings. The van der Waals surface area contributed by atoms with Gasteiger partial charge in [0.25, 0.3) is 5.91 Å². The monoisotopic (exact) mass is 381 g/mol. The van der Waals surface area contributed by atoms with Crippen molar-refractivity contribution in [3.63, 3.8) is 0 Å². The van der Waals surface area contributed by atoms with Crippen molar-refractivity contribution < 1.29 is 14.7 Å². The number of carbonyl (C=O) groups is 2. The van der Waals surface area contributed by atoms with Crippen LogP contribution in [0, 0.1) is 0 Å². The molecule has 1 aliphatic rings. The molecule has 2 amide bonds. The predicted octanol–water partition coefficient (Wildman–Crippen LogP) is 2.48. The summed E-state index contributed by atoms with van der Waals surface area (Å²) in [6.07, 6.45) is 3.65. The van der Waals surface area contributed by atoms with Gasteiger partial charge in [-0.2, -0.15) is 0 Å². The summed E-state index contributed by atoms with van der Waals surface area (Å²) in [6.45, 7) is 2.90. The Balaban J connectivity index is 1.78. The Morgan fingerprint density at radius 1 is 1.18 bits per heavy atom. The highest BCUT2D eigenvalue weighted by atomic mass is 16.3. The molecule has 8 heteroatoms. The van der Waals surface area contributed by atoms with E-state index >= 15 is 0 Å². The second-order valence-corrected chi connectivity index (χ2v) is 7.23. The SMILES string of the molecule is CC(=O)Nc1ccc2c(c1)nc(-c1c(O)c(C(=O)N3CCCC3)cn1C)n2C. The van der Waals surface area contributed by atoms with Gasteiger partial charge in [-0.25, -0.2) is 4.98 Å². The molecule has 1 aliphatic heterocycles. The van der Waals surface area contributed by atoms with E-state index in [2.05, 4.69) is 10.3 Å². The first kappa shape index (κ1) is 18.1. The van der Waals surface area contributed by atoms with Crippen LogP contribution in [0.3, 0.4) is 0 Å². The molecule has 0 spiro atoms. The first-order valence-corrected chi connectivity index (χ1v) is 9.29. The number of nitrogens with one attached hydrogen (secondary N) is 1. The van der Waals surface area contributed by atoms with Crippen molar-refractivity contribution in [3.05, 3.63) is 30.0 Å². The van der Waals surface area contributed by atoms with Gasteiger partial charge in [0.1, 0.15) is 5.69 Å². The van der Waals surface area contributed by atoms with E-state index < -0.39 is 0 Å². The largest absolute Gasteiger partial charge is 0.505 e. The summed E-state index contributed by atoms with van der Waals surface area (Å²) in [5.41, 5.74) is 2.99. The zero-order valence-electron chi connectivity index (χ0n) is 16.2. The molecule has 1 saturated heterocycles. The number of carbonyl (C=O) groups excluding carboxylic acids is 2. The lowest BCUT2D eigenvalue weighted by Crippen LogP contribution is -2.27. The molecular weight excluding hydrogens is 358 g/mol. The first-order valence-electron chi connectivity index (χ1n) is 9.29. The van der Waals surface area contributed by atoms with Crippen LogP contribution in [-0.4, -0.2) is 49.0 Å². The van der Waals surface area contributed by atoms with Crippen LogP contribution < -0.4 is 5.32 Å². The number of benzene rings is 1. The molecule has 0 radical (unpaired) electrons. The van der Waals surface area contributed by atoms with E-state index in [4.69, 9.17) is 0 Å². The van der Waals surface area contributed by atoms with E-state index in [9.17, 15) is 14.7 Å². The van der Waals surface area contributed by atoms with Crippen LogP contribution in [0.1, 0.15) is 30.1 Å². The number of fused-ring (bicyclic) bond motifs is 1. The van der Waals surface area contributed by atoms with Gasteiger partial charge in [-0.1, -0.05) is 0 Å². The number of aromatic nitrogens is 3. The zero-order valence-corrected chi connectivity index (χ0v) is 16.2. The van der Waals surface area contributed by atoms with Gasteiger partial charge >= 0.3 is 0 Å². The molecule has 0 atom stereocenters. The maximum Gasteiger partial charge on any atom is 0.259 e. The van der Waals surface area contributed by atoms with Gasteiger partial charge in [-0.05, 0) is 31.0 Å². The third-order valence-corrected chi connectivity index (χ3v) is 5.19. The number of aromatic hydroxyl groups is 1. The number of imidazole rings is 1. The molecule has 0 bridgehead atoms. The second kappa shape index (κ2) is 6.70. The topological polar surface area (TPSA) is 92.4 Å². The fourth-order valence-corrected chi connectivity index (χ4v) is 3.82. The summed E-state index contributed by atoms with van der Waals surface area (Å²) in [6, 6.07) is 5.46. The van der Waals surface area contributed by atoms with E-state index in [1.165, 1.54) is 6.92 Å². The average molecular weight is 381 g/mol. The van der Waals surface area contributed by atoms with E-state index in [0.29, 0.717) is 28.3 Å². The summed E-state index contributed by atoms with van der Waals surface area (Å²) >= 11 is 0. The minimum absolute atomic E-state index is 0.0557. The van der Waals surface area contributed by atoms with Crippen LogP contribution in [0.5, 0.6) is 5.75 Å². The molecule has 2 N–H and O–H groups in total. The minimum Gasteiger partial charge on any atom is -0.505 e. The minimum atomic E-state index is -0.152. The molecule has 2 aromatic heterocycles. The molecule has 3 aromatic rings. The summed E-state index contributed by atoms with van der Waals surface area (Å²) in [5, 5.41) is 13.6. The van der Waals surface area contributed by atoms with Gasteiger partial charge in [0.2, 0.25) is 5.91 Å². The van der Waals surface area contributed by atoms with Crippen molar-refractivity contribution in [2.45, 2.75) is 19.8 Å². The first-order chi connectivity index (χ1) is 13.4. The molecule has 146 valence electrons. The highest BCUT2D eigenvalue weighted by Gasteiger charge is 2.28. The second-order valence-electron chi connectivity index (χ2n) is 7.23. The van der Waals surface area contributed by atoms with Crippen LogP contribution in [-0.2, 0) is 18.9 Å². The van der Waals surface area contributed by atoms with Gasteiger partial charge in [0.15, 0.2) is 11.6 Å². The number of hydrogen-bond donors (Lipinski definition) is 2. The fraction of sp³-hybridized carbons (Fsp3) is 0.350. The Morgan fingerprint density at radius 2 is 1.89 bits per heavy atom. The summed E-state index contributed by atoms with van der Waals surface area (Å²) in [5.74, 6) is 0.194. The Morgan fingerprint density at radius 3 is 2.57 bits per heavy atom. The smallest absolute Gasteiger partial charge is 0.259 e. The highest BCUT2D eigenvalue weighted by molar-refractivity contribution is 5.99. The lowest BCUT2D eigenvalue weighted by Gasteiger charge is -2.14. The van der Waals surface area contributed by atoms with Crippen molar-refractivity contribution in [3.8, 4) is 17.3 Å². The summed E-state index contributed by atoms with van der Waals surface area (Å²) < 4.78 is 3.60. The van der Waals surface area contributed by atoms with E-state index in [1.54, 1.807) is 28.8 Å². The van der Waals surface area contributed by atoms with Gasteiger partial charge in [-0.3, -0.25) is 9.59 Å². The maximum absolute atomic E-state index is 12.8. The van der Waals surface area contributed by atoms with E-state index in [0.717, 1.165) is 31.4 Å². The van der Waals surface area contributed by atoms with Crippen molar-refractivity contribution in [2.24, 2.45) is 14.1 Å². The summed E-state index contributed by atoms with van der Waals surface area (Å²) in [4.78, 5) is 30.5. The quantitative estimate of drug-likeness (QED) is 0.729. The number of aryl methyl sites for hydroxylation is 2. The fourth-order valence-electron chi connectivity index (χ4n) is 3.82. The van der Waals surface area contributed by atoms with Crippen LogP contribution in [0.2, 0.25) is 0 Å². The number of hydrogen-bond acceptors (Lipinski definition) is 4. The van der Waals surface area contributed by atoms with Gasteiger partial charge in [0.05, 0.1) is 16.6 Å². The molecule has 8 nitrogen and oxygen atoms in total. The van der Waals surface area contributed by atoms with Crippen LogP contribution in [0.25, 0.3) is 22.6 Å². The zero-order chi connectivity index (χ0) is 20.0. The van der Waals surface area contributed by atoms with Crippen LogP contribution in [0.15, 0.2) is 24.4 Å². The maximum atomic E-state index is 12.8. The molecular formula is C20H23N5O3. The lowest BCUT2D eigenvalue weighted by atomic mass is 10.2. The number of amides is 2. The van der Waals surface area contributed by atoms with Gasteiger partial charge < -0.3 is 24.5 Å². The molecule has 28 heavy (non-hydrogen) atoms. The normalized spacial score (nSPS) is 14.0. The standard InChI is InChI=1S/C20H23N5O3/c1-12(26)21-13-6-7-16-15(10-13)22-19(24(16)3)17-18(27)14(11-23(17)2)20(28)25-8-4-5-9-25/h6-7,10-11,27H,4-5,8-9H2,1-3H3,(H,21,26). The summed E-state index contributed by atoms with van der Waals surface area (Å²) in [7, 11) is 3.65. The average Bonchev–Trinajstić information content (AvgIpc) is 3.34. The Labute approximate surface area is 162 Å². The van der Waals surface area contributed by atoms with Gasteiger partial charge in [-0.15, -0.1) is 0 Å². The molecule has 1 aromatic carbocycles. The van der Waals surface area contributed by atoms with Crippen molar-refractivity contribution >= 4 is 28.5 Å². The third-order valence-electron chi connectivity index (χ3n) is 5.19. The number of anilines is 1. The Bertz CT molecular complexity index is 1090. The molecule has 0 saturated carbocycles. The van der Waals surface area contributed by atoms with Crippen molar-refractivity contribution in [1.82, 2.24) is 19.0 Å². The van der Waals surface area contributed by atoms with E-state index in [1.807, 2.05) is 23.7 Å². The number of likely N-dealkylation sites (tertiary alicyclic amines) is 1. The lowest BCUT2D eigenvalue weighted by molar-refractivity contribution is -0.114. The number of nitrogens with zero attached hydrogens (tertiary/aromatic N) is 4. The van der Waals surface area contributed by atoms with Crippen molar-refractivity contribution in [1.29, 1.82) is 0 Å². The van der Waals surface area contributed by atoms with Crippen molar-refractivity contribution in [2.75, 3.05) is 18.4 Å². The molecule has 3 heterocycles. The van der Waals surface area contributed by atoms with Crippen LogP contribution >= 0.6 is 0 Å². The highest BCUT2D eigenvalue weighted by Crippen LogP contribution is 2.36. The Kier molecular flexibility index (Phi) is 4.33. The molecule has 0 unspecified atom stereocenters. The predicted molar refractivity (Wildman–Crippen MR) is 106 cm³/mol. The van der Waals surface area contributed by atoms with E-state index in [-0.39, 0.29) is 17.6 Å². The van der Waals surface area contributed by atoms with Crippen LogP contribution in [0.4, 0.5) is 5.69 Å².